The molecule has 54 heavy (non-hydrogen) atoms. The lowest BCUT2D eigenvalue weighted by atomic mass is 10.1. The van der Waals surface area contributed by atoms with Crippen LogP contribution in [0.5, 0.6) is 0 Å². The summed E-state index contributed by atoms with van der Waals surface area (Å²) in [5, 5.41) is 0. The molecular weight excluding hydrogens is 673 g/mol. The zero-order valence-corrected chi connectivity index (χ0v) is 30.0. The number of nitrogens with zero attached hydrogens (tertiary/aromatic N) is 6. The summed E-state index contributed by atoms with van der Waals surface area (Å²) in [5.41, 5.74) is 7.61. The van der Waals surface area contributed by atoms with Gasteiger partial charge >= 0.3 is 0 Å². The first-order valence-electron chi connectivity index (χ1n) is 17.3. The molecule has 4 aromatic carbocycles. The van der Waals surface area contributed by atoms with Crippen molar-refractivity contribution in [3.8, 4) is 33.8 Å². The summed E-state index contributed by atoms with van der Waals surface area (Å²) in [6, 6.07) is 45.0. The van der Waals surface area contributed by atoms with Gasteiger partial charge in [-0.05, 0) is 54.6 Å². The largest absolute Gasteiger partial charge is 0.311 e. The van der Waals surface area contributed by atoms with Crippen molar-refractivity contribution in [2.75, 3.05) is 35.8 Å². The minimum Gasteiger partial charge on any atom is -0.311 e. The molecule has 3 heterocycles. The van der Waals surface area contributed by atoms with E-state index in [1.165, 1.54) is 14.7 Å². The van der Waals surface area contributed by atoms with Gasteiger partial charge in [-0.3, -0.25) is 29.3 Å². The van der Waals surface area contributed by atoms with Crippen molar-refractivity contribution in [3.63, 3.8) is 0 Å². The van der Waals surface area contributed by atoms with E-state index in [0.717, 1.165) is 33.8 Å². The Labute approximate surface area is 313 Å². The highest BCUT2D eigenvalue weighted by molar-refractivity contribution is 6.10. The maximum Gasteiger partial charge on any atom is 0.259 e. The number of amides is 3. The van der Waals surface area contributed by atoms with E-state index in [1.807, 2.05) is 109 Å². The Hall–Kier alpha value is -7.26. The van der Waals surface area contributed by atoms with Gasteiger partial charge in [-0.25, -0.2) is 0 Å². The zero-order chi connectivity index (χ0) is 37.6. The number of anilines is 3. The van der Waals surface area contributed by atoms with Crippen LogP contribution in [0.3, 0.4) is 0 Å². The highest BCUT2D eigenvalue weighted by Crippen LogP contribution is 2.32. The second-order valence-electron chi connectivity index (χ2n) is 12.7. The average molecular weight is 709 g/mol. The Morgan fingerprint density at radius 1 is 0.370 bits per heavy atom. The van der Waals surface area contributed by atoms with E-state index in [9.17, 15) is 14.4 Å². The summed E-state index contributed by atoms with van der Waals surface area (Å²) in [6.07, 6.45) is 4.65. The molecule has 0 unspecified atom stereocenters. The number of hydrogen-bond acceptors (Lipinski definition) is 6. The molecule has 0 saturated heterocycles. The second kappa shape index (κ2) is 15.5. The van der Waals surface area contributed by atoms with Gasteiger partial charge in [-0.15, -0.1) is 0 Å². The Bertz CT molecular complexity index is 2120. The quantitative estimate of drug-likeness (QED) is 0.149. The normalized spacial score (nSPS) is 10.7. The van der Waals surface area contributed by atoms with Gasteiger partial charge in [0.25, 0.3) is 17.7 Å². The molecule has 0 aliphatic rings. The number of carbonyl (C=O) groups is 3. The predicted octanol–water partition coefficient (Wildman–Crippen LogP) is 8.70. The van der Waals surface area contributed by atoms with Crippen LogP contribution in [0.4, 0.5) is 17.1 Å². The molecule has 0 fully saturated rings. The smallest absolute Gasteiger partial charge is 0.259 e. The van der Waals surface area contributed by atoms with Crippen LogP contribution in [0.15, 0.2) is 164 Å². The zero-order valence-electron chi connectivity index (χ0n) is 30.0. The van der Waals surface area contributed by atoms with E-state index >= 15 is 0 Å². The fraction of sp³-hybridized carbons (Fsp3) is 0.0667. The molecule has 3 aromatic heterocycles. The standard InChI is InChI=1S/C45H36N6O3/c1-49(43(52)34-19-22-40(46-28-34)31-13-7-4-8-14-31)37-25-38(50(2)44(53)35-20-23-41(47-29-35)32-15-9-5-10-16-32)27-39(26-37)51(3)45(54)36-21-24-42(48-30-36)33-17-11-6-12-18-33/h4-30H,1-3H3. The van der Waals surface area contributed by atoms with Crippen LogP contribution < -0.4 is 14.7 Å². The molecule has 0 saturated carbocycles. The highest BCUT2D eigenvalue weighted by atomic mass is 16.2. The molecule has 7 aromatic rings. The Kier molecular flexibility index (Phi) is 10.1. The van der Waals surface area contributed by atoms with Crippen LogP contribution >= 0.6 is 0 Å². The van der Waals surface area contributed by atoms with Crippen molar-refractivity contribution >= 4 is 34.8 Å². The minimum atomic E-state index is -0.311. The van der Waals surface area contributed by atoms with Gasteiger partial charge < -0.3 is 14.7 Å². The van der Waals surface area contributed by atoms with E-state index in [4.69, 9.17) is 0 Å². The van der Waals surface area contributed by atoms with E-state index in [0.29, 0.717) is 33.8 Å². The van der Waals surface area contributed by atoms with Gasteiger partial charge in [0.2, 0.25) is 0 Å². The molecule has 0 atom stereocenters. The molecule has 0 spiro atoms. The Balaban J connectivity index is 1.20. The fourth-order valence-corrected chi connectivity index (χ4v) is 5.99. The van der Waals surface area contributed by atoms with E-state index in [2.05, 4.69) is 15.0 Å². The maximum atomic E-state index is 13.9. The summed E-state index contributed by atoms with van der Waals surface area (Å²) in [5.74, 6) is -0.932. The van der Waals surface area contributed by atoms with Crippen LogP contribution in [-0.2, 0) is 0 Å². The summed E-state index contributed by atoms with van der Waals surface area (Å²) in [4.78, 5) is 59.7. The molecular formula is C45H36N6O3. The first kappa shape index (κ1) is 35.2. The van der Waals surface area contributed by atoms with Crippen molar-refractivity contribution in [1.82, 2.24) is 15.0 Å². The Morgan fingerprint density at radius 3 is 0.852 bits per heavy atom. The predicted molar refractivity (Wildman–Crippen MR) is 214 cm³/mol. The van der Waals surface area contributed by atoms with E-state index in [1.54, 1.807) is 76.1 Å². The molecule has 7 rings (SSSR count). The molecule has 9 nitrogen and oxygen atoms in total. The first-order valence-corrected chi connectivity index (χ1v) is 17.3. The molecule has 0 bridgehead atoms. The van der Waals surface area contributed by atoms with Crippen LogP contribution in [0.2, 0.25) is 0 Å². The SMILES string of the molecule is CN(C(=O)c1ccc(-c2ccccc2)nc1)c1cc(N(C)C(=O)c2ccc(-c3ccccc3)nc2)cc(N(C)C(=O)c2ccc(-c3ccccc3)nc2)c1. The van der Waals surface area contributed by atoms with Crippen LogP contribution in [0.1, 0.15) is 31.1 Å². The molecule has 0 N–H and O–H groups in total. The van der Waals surface area contributed by atoms with Gasteiger partial charge in [0.15, 0.2) is 0 Å². The summed E-state index contributed by atoms with van der Waals surface area (Å²) in [7, 11) is 4.95. The summed E-state index contributed by atoms with van der Waals surface area (Å²) < 4.78 is 0. The monoisotopic (exact) mass is 708 g/mol. The molecule has 264 valence electrons. The molecule has 9 heteroatoms. The third-order valence-corrected chi connectivity index (χ3v) is 9.20. The number of pyridine rings is 3. The van der Waals surface area contributed by atoms with Gasteiger partial charge in [-0.2, -0.15) is 0 Å². The number of aromatic nitrogens is 3. The third-order valence-electron chi connectivity index (χ3n) is 9.20. The topological polar surface area (TPSA) is 99.6 Å². The minimum absolute atomic E-state index is 0.311. The third kappa shape index (κ3) is 7.51. The highest BCUT2D eigenvalue weighted by Gasteiger charge is 2.23. The maximum absolute atomic E-state index is 13.9. The van der Waals surface area contributed by atoms with E-state index in [-0.39, 0.29) is 17.7 Å². The van der Waals surface area contributed by atoms with Crippen molar-refractivity contribution in [2.24, 2.45) is 0 Å². The molecule has 0 aliphatic heterocycles. The first-order chi connectivity index (χ1) is 26.3. The number of hydrogen-bond donors (Lipinski definition) is 0. The van der Waals surface area contributed by atoms with Gasteiger partial charge in [-0.1, -0.05) is 91.0 Å². The van der Waals surface area contributed by atoms with Crippen molar-refractivity contribution in [3.05, 3.63) is 181 Å². The van der Waals surface area contributed by atoms with Gasteiger partial charge in [0.1, 0.15) is 0 Å². The molecule has 0 aliphatic carbocycles. The molecule has 0 radical (unpaired) electrons. The van der Waals surface area contributed by atoms with Gasteiger partial charge in [0.05, 0.1) is 33.8 Å². The van der Waals surface area contributed by atoms with E-state index < -0.39 is 0 Å². The summed E-state index contributed by atoms with van der Waals surface area (Å²) >= 11 is 0. The lowest BCUT2D eigenvalue weighted by Gasteiger charge is -2.26. The lowest BCUT2D eigenvalue weighted by Crippen LogP contribution is -2.31. The Morgan fingerprint density at radius 2 is 0.630 bits per heavy atom. The second-order valence-corrected chi connectivity index (χ2v) is 12.7. The van der Waals surface area contributed by atoms with Crippen molar-refractivity contribution < 1.29 is 14.4 Å². The molecule has 3 amide bonds. The average Bonchev–Trinajstić information content (AvgIpc) is 3.25. The number of rotatable bonds is 9. The van der Waals surface area contributed by atoms with Crippen LogP contribution in [-0.4, -0.2) is 53.8 Å². The van der Waals surface area contributed by atoms with Crippen molar-refractivity contribution in [2.45, 2.75) is 0 Å². The van der Waals surface area contributed by atoms with Crippen molar-refractivity contribution in [1.29, 1.82) is 0 Å². The van der Waals surface area contributed by atoms with Crippen LogP contribution in [0.25, 0.3) is 33.8 Å². The lowest BCUT2D eigenvalue weighted by molar-refractivity contribution is 0.0986. The fourth-order valence-electron chi connectivity index (χ4n) is 5.99. The summed E-state index contributed by atoms with van der Waals surface area (Å²) in [6.45, 7) is 0. The number of benzene rings is 4. The van der Waals surface area contributed by atoms with Gasteiger partial charge in [0, 0.05) is 73.5 Å². The number of carbonyl (C=O) groups excluding carboxylic acids is 3. The van der Waals surface area contributed by atoms with Crippen LogP contribution in [0, 0.1) is 0 Å².